The maximum Gasteiger partial charge on any atom is 0.219 e. The molecule has 1 atom stereocenters. The van der Waals surface area contributed by atoms with Gasteiger partial charge in [0.15, 0.2) is 0 Å². The maximum atomic E-state index is 11.7. The van der Waals surface area contributed by atoms with Crippen molar-refractivity contribution in [1.82, 2.24) is 24.6 Å². The molecule has 122 valence electrons. The number of nitrogens with zero attached hydrogens (tertiary/aromatic N) is 5. The van der Waals surface area contributed by atoms with Gasteiger partial charge in [-0.3, -0.25) is 19.4 Å². The third kappa shape index (κ3) is 3.25. The first-order valence-corrected chi connectivity index (χ1v) is 8.29. The summed E-state index contributed by atoms with van der Waals surface area (Å²) >= 11 is 0. The second kappa shape index (κ2) is 6.89. The molecule has 0 radical (unpaired) electrons. The summed E-state index contributed by atoms with van der Waals surface area (Å²) in [6, 6.07) is 1.99. The highest BCUT2D eigenvalue weighted by atomic mass is 16.2. The number of rotatable bonds is 4. The Hall–Kier alpha value is -2.24. The number of piperidine rings is 1. The SMILES string of the molecule is CCCn1nccc1-c1nccnc1[C@@H]1CCCN(C(C)=O)C1. The Bertz CT molecular complexity index is 681. The lowest BCUT2D eigenvalue weighted by atomic mass is 9.92. The third-order valence-corrected chi connectivity index (χ3v) is 4.37. The van der Waals surface area contributed by atoms with Crippen molar-refractivity contribution < 1.29 is 4.79 Å². The molecule has 3 heterocycles. The van der Waals surface area contributed by atoms with Gasteiger partial charge in [-0.25, -0.2) is 0 Å². The fourth-order valence-electron chi connectivity index (χ4n) is 3.26. The highest BCUT2D eigenvalue weighted by Gasteiger charge is 2.27. The number of aryl methyl sites for hydroxylation is 1. The second-order valence-electron chi connectivity index (χ2n) is 6.03. The first kappa shape index (κ1) is 15.6. The average molecular weight is 313 g/mol. The Labute approximate surface area is 136 Å². The predicted octanol–water partition coefficient (Wildman–Crippen LogP) is 2.48. The number of amides is 1. The van der Waals surface area contributed by atoms with E-state index in [0.29, 0.717) is 0 Å². The van der Waals surface area contributed by atoms with Gasteiger partial charge in [-0.05, 0) is 25.3 Å². The lowest BCUT2D eigenvalue weighted by Gasteiger charge is -2.32. The van der Waals surface area contributed by atoms with E-state index in [1.165, 1.54) is 0 Å². The van der Waals surface area contributed by atoms with E-state index in [4.69, 9.17) is 0 Å². The molecule has 3 rings (SSSR count). The van der Waals surface area contributed by atoms with Gasteiger partial charge >= 0.3 is 0 Å². The van der Waals surface area contributed by atoms with Gasteiger partial charge < -0.3 is 4.90 Å². The maximum absolute atomic E-state index is 11.7. The van der Waals surface area contributed by atoms with E-state index in [0.717, 1.165) is 56.0 Å². The molecule has 6 nitrogen and oxygen atoms in total. The van der Waals surface area contributed by atoms with Crippen molar-refractivity contribution in [3.8, 4) is 11.4 Å². The molecule has 0 saturated carbocycles. The molecule has 0 spiro atoms. The van der Waals surface area contributed by atoms with E-state index < -0.39 is 0 Å². The van der Waals surface area contributed by atoms with E-state index in [9.17, 15) is 4.79 Å². The summed E-state index contributed by atoms with van der Waals surface area (Å²) in [4.78, 5) is 22.8. The van der Waals surface area contributed by atoms with Crippen LogP contribution >= 0.6 is 0 Å². The quantitative estimate of drug-likeness (QED) is 0.870. The van der Waals surface area contributed by atoms with E-state index in [-0.39, 0.29) is 11.8 Å². The van der Waals surface area contributed by atoms with Crippen LogP contribution in [0.25, 0.3) is 11.4 Å². The minimum Gasteiger partial charge on any atom is -0.342 e. The first-order valence-electron chi connectivity index (χ1n) is 8.29. The lowest BCUT2D eigenvalue weighted by molar-refractivity contribution is -0.130. The van der Waals surface area contributed by atoms with Crippen LogP contribution in [-0.4, -0.2) is 43.6 Å². The zero-order chi connectivity index (χ0) is 16.2. The second-order valence-corrected chi connectivity index (χ2v) is 6.03. The van der Waals surface area contributed by atoms with Crippen molar-refractivity contribution >= 4 is 5.91 Å². The fraction of sp³-hybridized carbons (Fsp3) is 0.529. The highest BCUT2D eigenvalue weighted by molar-refractivity contribution is 5.73. The Morgan fingerprint density at radius 3 is 2.91 bits per heavy atom. The van der Waals surface area contributed by atoms with Gasteiger partial charge in [0.2, 0.25) is 5.91 Å². The Balaban J connectivity index is 1.94. The smallest absolute Gasteiger partial charge is 0.219 e. The molecule has 0 unspecified atom stereocenters. The number of likely N-dealkylation sites (tertiary alicyclic amines) is 1. The molecule has 1 fully saturated rings. The summed E-state index contributed by atoms with van der Waals surface area (Å²) in [6.45, 7) is 6.20. The van der Waals surface area contributed by atoms with E-state index in [1.54, 1.807) is 19.3 Å². The van der Waals surface area contributed by atoms with Crippen molar-refractivity contribution in [2.45, 2.75) is 45.6 Å². The van der Waals surface area contributed by atoms with Crippen LogP contribution < -0.4 is 0 Å². The molecular weight excluding hydrogens is 290 g/mol. The Morgan fingerprint density at radius 1 is 1.30 bits per heavy atom. The van der Waals surface area contributed by atoms with Crippen molar-refractivity contribution in [3.05, 3.63) is 30.4 Å². The fourth-order valence-corrected chi connectivity index (χ4v) is 3.26. The predicted molar refractivity (Wildman–Crippen MR) is 87.8 cm³/mol. The number of aromatic nitrogens is 4. The topological polar surface area (TPSA) is 63.9 Å². The zero-order valence-corrected chi connectivity index (χ0v) is 13.8. The van der Waals surface area contributed by atoms with Gasteiger partial charge in [-0.15, -0.1) is 0 Å². The van der Waals surface area contributed by atoms with Gasteiger partial charge in [-0.2, -0.15) is 5.10 Å². The van der Waals surface area contributed by atoms with Crippen molar-refractivity contribution in [3.63, 3.8) is 0 Å². The number of carbonyl (C=O) groups is 1. The molecular formula is C17H23N5O. The van der Waals surface area contributed by atoms with Crippen LogP contribution in [0.3, 0.4) is 0 Å². The van der Waals surface area contributed by atoms with Gasteiger partial charge in [0.05, 0.1) is 11.4 Å². The van der Waals surface area contributed by atoms with Crippen molar-refractivity contribution in [2.24, 2.45) is 0 Å². The van der Waals surface area contributed by atoms with Crippen molar-refractivity contribution in [2.75, 3.05) is 13.1 Å². The summed E-state index contributed by atoms with van der Waals surface area (Å²) < 4.78 is 1.99. The van der Waals surface area contributed by atoms with E-state index in [1.807, 2.05) is 21.8 Å². The molecule has 23 heavy (non-hydrogen) atoms. The average Bonchev–Trinajstić information content (AvgIpc) is 3.03. The van der Waals surface area contributed by atoms with Crippen LogP contribution in [0.4, 0.5) is 0 Å². The first-order chi connectivity index (χ1) is 11.2. The molecule has 0 aromatic carbocycles. The number of carbonyl (C=O) groups excluding carboxylic acids is 1. The summed E-state index contributed by atoms with van der Waals surface area (Å²) in [6.07, 6.45) is 8.35. The monoisotopic (exact) mass is 313 g/mol. The van der Waals surface area contributed by atoms with E-state index >= 15 is 0 Å². The molecule has 1 aliphatic rings. The number of hydrogen-bond donors (Lipinski definition) is 0. The van der Waals surface area contributed by atoms with Crippen LogP contribution in [0.1, 0.15) is 44.7 Å². The molecule has 0 N–H and O–H groups in total. The number of hydrogen-bond acceptors (Lipinski definition) is 4. The van der Waals surface area contributed by atoms with Crippen LogP contribution in [0, 0.1) is 0 Å². The zero-order valence-electron chi connectivity index (χ0n) is 13.8. The largest absolute Gasteiger partial charge is 0.342 e. The van der Waals surface area contributed by atoms with Gasteiger partial charge in [0.25, 0.3) is 0 Å². The standard InChI is InChI=1S/C17H23N5O/c1-3-10-22-15(6-7-20-22)17-16(18-8-9-19-17)14-5-4-11-21(12-14)13(2)23/h6-9,14H,3-5,10-12H2,1-2H3/t14-/m1/s1. The van der Waals surface area contributed by atoms with Gasteiger partial charge in [0.1, 0.15) is 5.69 Å². The minimum atomic E-state index is 0.135. The molecule has 0 aliphatic carbocycles. The van der Waals surface area contributed by atoms with Gasteiger partial charge in [0, 0.05) is 51.1 Å². The molecule has 2 aromatic rings. The summed E-state index contributed by atoms with van der Waals surface area (Å²) in [7, 11) is 0. The van der Waals surface area contributed by atoms with E-state index in [2.05, 4.69) is 22.0 Å². The minimum absolute atomic E-state index is 0.135. The normalized spacial score (nSPS) is 18.2. The molecule has 1 aliphatic heterocycles. The molecule has 2 aromatic heterocycles. The molecule has 1 saturated heterocycles. The Morgan fingerprint density at radius 2 is 2.13 bits per heavy atom. The van der Waals surface area contributed by atoms with Crippen LogP contribution in [0.5, 0.6) is 0 Å². The summed E-state index contributed by atoms with van der Waals surface area (Å²) in [5.41, 5.74) is 2.89. The third-order valence-electron chi connectivity index (χ3n) is 4.37. The lowest BCUT2D eigenvalue weighted by Crippen LogP contribution is -2.38. The Kier molecular flexibility index (Phi) is 4.69. The van der Waals surface area contributed by atoms with Crippen molar-refractivity contribution in [1.29, 1.82) is 0 Å². The summed E-state index contributed by atoms with van der Waals surface area (Å²) in [5, 5.41) is 4.40. The van der Waals surface area contributed by atoms with Gasteiger partial charge in [-0.1, -0.05) is 6.92 Å². The van der Waals surface area contributed by atoms with Crippen LogP contribution in [-0.2, 0) is 11.3 Å². The van der Waals surface area contributed by atoms with Crippen LogP contribution in [0.2, 0.25) is 0 Å². The molecule has 0 bridgehead atoms. The highest BCUT2D eigenvalue weighted by Crippen LogP contribution is 2.31. The molecule has 1 amide bonds. The summed E-state index contributed by atoms with van der Waals surface area (Å²) in [5.74, 6) is 0.373. The molecule has 6 heteroatoms. The van der Waals surface area contributed by atoms with Crippen LogP contribution in [0.15, 0.2) is 24.7 Å².